The van der Waals surface area contributed by atoms with Gasteiger partial charge < -0.3 is 10.4 Å². The minimum absolute atomic E-state index is 0.0308. The lowest BCUT2D eigenvalue weighted by Crippen LogP contribution is -2.35. The predicted octanol–water partition coefficient (Wildman–Crippen LogP) is 0.634. The fourth-order valence-corrected chi connectivity index (χ4v) is 2.24. The molecule has 1 heterocycles. The maximum Gasteiger partial charge on any atom is 0.317 e. The van der Waals surface area contributed by atoms with Crippen LogP contribution in [0.25, 0.3) is 0 Å². The van der Waals surface area contributed by atoms with Crippen molar-refractivity contribution < 1.29 is 14.7 Å². The van der Waals surface area contributed by atoms with Crippen LogP contribution in [-0.4, -0.2) is 41.5 Å². The molecule has 1 unspecified atom stereocenters. The summed E-state index contributed by atoms with van der Waals surface area (Å²) in [7, 11) is 0. The number of carbonyl (C=O) groups is 2. The van der Waals surface area contributed by atoms with E-state index >= 15 is 0 Å². The molecule has 1 amide bonds. The topological polar surface area (TPSA) is 69.6 Å². The summed E-state index contributed by atoms with van der Waals surface area (Å²) >= 11 is 0. The van der Waals surface area contributed by atoms with Crippen LogP contribution in [0.5, 0.6) is 0 Å². The van der Waals surface area contributed by atoms with Gasteiger partial charge in [-0.1, -0.05) is 30.3 Å². The number of carboxylic acid groups (broad SMARTS) is 1. The Hall–Kier alpha value is -1.88. The molecule has 18 heavy (non-hydrogen) atoms. The van der Waals surface area contributed by atoms with Crippen LogP contribution in [0.4, 0.5) is 0 Å². The van der Waals surface area contributed by atoms with Gasteiger partial charge in [-0.05, 0) is 5.56 Å². The number of rotatable bonds is 3. The van der Waals surface area contributed by atoms with Gasteiger partial charge in [-0.2, -0.15) is 0 Å². The number of carboxylic acids is 1. The molecule has 1 aliphatic heterocycles. The van der Waals surface area contributed by atoms with Gasteiger partial charge in [0.05, 0.1) is 6.54 Å². The molecule has 1 saturated heterocycles. The van der Waals surface area contributed by atoms with Crippen molar-refractivity contribution in [3.8, 4) is 0 Å². The molecule has 5 nitrogen and oxygen atoms in total. The van der Waals surface area contributed by atoms with Crippen molar-refractivity contribution in [2.75, 3.05) is 19.6 Å². The summed E-state index contributed by atoms with van der Waals surface area (Å²) in [6.07, 6.45) is 0.303. The standard InChI is InChI=1S/C13H16N2O3/c16-12-8-11(10-4-2-1-3-5-10)15(7-6-14-12)9-13(17)18/h1-5,11H,6-9H2,(H,14,16)(H,17,18). The van der Waals surface area contributed by atoms with E-state index in [1.54, 1.807) is 0 Å². The molecule has 0 bridgehead atoms. The third-order valence-electron chi connectivity index (χ3n) is 3.06. The molecule has 1 fully saturated rings. The Morgan fingerprint density at radius 1 is 1.39 bits per heavy atom. The summed E-state index contributed by atoms with van der Waals surface area (Å²) in [5, 5.41) is 11.7. The van der Waals surface area contributed by atoms with E-state index in [0.29, 0.717) is 19.5 Å². The van der Waals surface area contributed by atoms with E-state index in [4.69, 9.17) is 5.11 Å². The highest BCUT2D eigenvalue weighted by atomic mass is 16.4. The van der Waals surface area contributed by atoms with Crippen molar-refractivity contribution in [3.63, 3.8) is 0 Å². The van der Waals surface area contributed by atoms with Gasteiger partial charge in [0.1, 0.15) is 0 Å². The first kappa shape index (κ1) is 12.6. The zero-order valence-corrected chi connectivity index (χ0v) is 10.0. The molecule has 1 atom stereocenters. The number of amides is 1. The van der Waals surface area contributed by atoms with Crippen LogP contribution in [0.15, 0.2) is 30.3 Å². The lowest BCUT2D eigenvalue weighted by molar-refractivity contribution is -0.139. The molecule has 0 radical (unpaired) electrons. The number of nitrogens with one attached hydrogen (secondary N) is 1. The molecule has 1 aliphatic rings. The van der Waals surface area contributed by atoms with Crippen LogP contribution in [-0.2, 0) is 9.59 Å². The summed E-state index contributed by atoms with van der Waals surface area (Å²) in [5.74, 6) is -0.901. The van der Waals surface area contributed by atoms with Crippen LogP contribution >= 0.6 is 0 Å². The van der Waals surface area contributed by atoms with Gasteiger partial charge >= 0.3 is 5.97 Å². The molecular formula is C13H16N2O3. The number of benzene rings is 1. The van der Waals surface area contributed by atoms with Crippen molar-refractivity contribution in [2.45, 2.75) is 12.5 Å². The lowest BCUT2D eigenvalue weighted by Gasteiger charge is -2.27. The highest BCUT2D eigenvalue weighted by Crippen LogP contribution is 2.25. The molecule has 5 heteroatoms. The Morgan fingerprint density at radius 3 is 2.78 bits per heavy atom. The summed E-state index contributed by atoms with van der Waals surface area (Å²) in [4.78, 5) is 24.3. The molecule has 0 spiro atoms. The molecule has 0 saturated carbocycles. The van der Waals surface area contributed by atoms with Crippen LogP contribution in [0.2, 0.25) is 0 Å². The quantitative estimate of drug-likeness (QED) is 0.823. The van der Waals surface area contributed by atoms with Crippen LogP contribution in [0, 0.1) is 0 Å². The third kappa shape index (κ3) is 3.07. The Balaban J connectivity index is 2.24. The second-order valence-corrected chi connectivity index (χ2v) is 4.34. The second kappa shape index (κ2) is 5.64. The molecule has 0 aliphatic carbocycles. The smallest absolute Gasteiger partial charge is 0.317 e. The van der Waals surface area contributed by atoms with Crippen LogP contribution in [0.1, 0.15) is 18.0 Å². The van der Waals surface area contributed by atoms with Gasteiger partial charge in [-0.3, -0.25) is 14.5 Å². The van der Waals surface area contributed by atoms with Crippen LogP contribution in [0.3, 0.4) is 0 Å². The molecule has 2 N–H and O–H groups in total. The summed E-state index contributed by atoms with van der Waals surface area (Å²) in [6, 6.07) is 9.40. The fourth-order valence-electron chi connectivity index (χ4n) is 2.24. The highest BCUT2D eigenvalue weighted by molar-refractivity contribution is 5.77. The number of aliphatic carboxylic acids is 1. The Morgan fingerprint density at radius 2 is 2.11 bits per heavy atom. The monoisotopic (exact) mass is 248 g/mol. The number of nitrogens with zero attached hydrogens (tertiary/aromatic N) is 1. The highest BCUT2D eigenvalue weighted by Gasteiger charge is 2.27. The Bertz CT molecular complexity index is 433. The zero-order valence-electron chi connectivity index (χ0n) is 10.0. The third-order valence-corrected chi connectivity index (χ3v) is 3.06. The average molecular weight is 248 g/mol. The minimum atomic E-state index is -0.870. The van der Waals surface area contributed by atoms with E-state index in [9.17, 15) is 9.59 Å². The van der Waals surface area contributed by atoms with E-state index in [1.807, 2.05) is 35.2 Å². The number of carbonyl (C=O) groups excluding carboxylic acids is 1. The van der Waals surface area contributed by atoms with E-state index in [1.165, 1.54) is 0 Å². The van der Waals surface area contributed by atoms with E-state index in [2.05, 4.69) is 5.32 Å². The Labute approximate surface area is 105 Å². The molecular weight excluding hydrogens is 232 g/mol. The maximum absolute atomic E-state index is 11.6. The van der Waals surface area contributed by atoms with Gasteiger partial charge in [0.2, 0.25) is 5.91 Å². The normalized spacial score (nSPS) is 21.1. The van der Waals surface area contributed by atoms with Crippen LogP contribution < -0.4 is 5.32 Å². The van der Waals surface area contributed by atoms with Crippen molar-refractivity contribution in [1.29, 1.82) is 0 Å². The van der Waals surface area contributed by atoms with Gasteiger partial charge in [0.15, 0.2) is 0 Å². The van der Waals surface area contributed by atoms with Crippen molar-refractivity contribution in [1.82, 2.24) is 10.2 Å². The molecule has 2 rings (SSSR count). The van der Waals surface area contributed by atoms with E-state index in [0.717, 1.165) is 5.56 Å². The average Bonchev–Trinajstić information content (AvgIpc) is 2.52. The van der Waals surface area contributed by atoms with Gasteiger partial charge in [-0.25, -0.2) is 0 Å². The summed E-state index contributed by atoms with van der Waals surface area (Å²) in [5.41, 5.74) is 0.982. The minimum Gasteiger partial charge on any atom is -0.480 e. The van der Waals surface area contributed by atoms with Gasteiger partial charge in [0, 0.05) is 25.6 Å². The number of hydrogen-bond donors (Lipinski definition) is 2. The first-order valence-electron chi connectivity index (χ1n) is 5.94. The predicted molar refractivity (Wildman–Crippen MR) is 66.0 cm³/mol. The second-order valence-electron chi connectivity index (χ2n) is 4.34. The number of hydrogen-bond acceptors (Lipinski definition) is 3. The molecule has 1 aromatic carbocycles. The maximum atomic E-state index is 11.6. The molecule has 96 valence electrons. The first-order valence-corrected chi connectivity index (χ1v) is 5.94. The molecule has 0 aromatic heterocycles. The van der Waals surface area contributed by atoms with Gasteiger partial charge in [0.25, 0.3) is 0 Å². The lowest BCUT2D eigenvalue weighted by atomic mass is 10.0. The zero-order chi connectivity index (χ0) is 13.0. The fraction of sp³-hybridized carbons (Fsp3) is 0.385. The summed E-state index contributed by atoms with van der Waals surface area (Å²) in [6.45, 7) is 1.00. The van der Waals surface area contributed by atoms with E-state index < -0.39 is 5.97 Å². The van der Waals surface area contributed by atoms with Crippen molar-refractivity contribution in [3.05, 3.63) is 35.9 Å². The summed E-state index contributed by atoms with van der Waals surface area (Å²) < 4.78 is 0. The SMILES string of the molecule is O=C(O)CN1CCNC(=O)CC1c1ccccc1. The van der Waals surface area contributed by atoms with Crippen molar-refractivity contribution >= 4 is 11.9 Å². The Kier molecular flexibility index (Phi) is 3.94. The first-order chi connectivity index (χ1) is 8.66. The van der Waals surface area contributed by atoms with Crippen molar-refractivity contribution in [2.24, 2.45) is 0 Å². The van der Waals surface area contributed by atoms with Gasteiger partial charge in [-0.15, -0.1) is 0 Å². The largest absolute Gasteiger partial charge is 0.480 e. The van der Waals surface area contributed by atoms with E-state index in [-0.39, 0.29) is 18.5 Å². The molecule has 1 aromatic rings.